The number of H-pyrrole nitrogens is 2. The lowest BCUT2D eigenvalue weighted by molar-refractivity contribution is -0.139. The van der Waals surface area contributed by atoms with E-state index in [4.69, 9.17) is 5.11 Å². The standard InChI is InChI=1S/C9H11N3O5/c1-2-4(8(15)16)10-7(14)5-3-6(13)12-9(17)11-5/h3-4H,2H2,1H3,(H,10,14)(H,15,16)(H2,11,12,13,17). The maximum absolute atomic E-state index is 11.5. The van der Waals surface area contributed by atoms with E-state index in [2.05, 4.69) is 10.3 Å². The van der Waals surface area contributed by atoms with Crippen LogP contribution in [-0.4, -0.2) is 33.0 Å². The Bertz CT molecular complexity index is 516. The molecule has 0 aliphatic rings. The van der Waals surface area contributed by atoms with Gasteiger partial charge in [0.1, 0.15) is 11.7 Å². The molecule has 0 bridgehead atoms. The number of hydrogen-bond donors (Lipinski definition) is 4. The maximum Gasteiger partial charge on any atom is 0.326 e. The van der Waals surface area contributed by atoms with Crippen LogP contribution in [-0.2, 0) is 4.79 Å². The molecule has 8 heteroatoms. The molecule has 1 amide bonds. The second-order valence-corrected chi connectivity index (χ2v) is 3.27. The Morgan fingerprint density at radius 2 is 2.06 bits per heavy atom. The molecule has 0 saturated heterocycles. The van der Waals surface area contributed by atoms with E-state index in [1.807, 2.05) is 4.98 Å². The van der Waals surface area contributed by atoms with Crippen molar-refractivity contribution in [1.29, 1.82) is 0 Å². The minimum atomic E-state index is -1.19. The predicted molar refractivity (Wildman–Crippen MR) is 56.9 cm³/mol. The summed E-state index contributed by atoms with van der Waals surface area (Å²) in [4.78, 5) is 48.0. The SMILES string of the molecule is CCC(NC(=O)c1cc(=O)[nH]c(=O)[nH]1)C(=O)O. The number of amides is 1. The van der Waals surface area contributed by atoms with Crippen molar-refractivity contribution in [2.45, 2.75) is 19.4 Å². The third kappa shape index (κ3) is 3.30. The second-order valence-electron chi connectivity index (χ2n) is 3.27. The van der Waals surface area contributed by atoms with Crippen LogP contribution in [0, 0.1) is 0 Å². The number of nitrogens with one attached hydrogen (secondary N) is 3. The van der Waals surface area contributed by atoms with Crippen molar-refractivity contribution in [2.75, 3.05) is 0 Å². The van der Waals surface area contributed by atoms with E-state index < -0.39 is 29.2 Å². The minimum Gasteiger partial charge on any atom is -0.480 e. The summed E-state index contributed by atoms with van der Waals surface area (Å²) in [6.45, 7) is 1.58. The van der Waals surface area contributed by atoms with Crippen molar-refractivity contribution in [3.63, 3.8) is 0 Å². The molecular weight excluding hydrogens is 230 g/mol. The predicted octanol–water partition coefficient (Wildman–Crippen LogP) is -1.34. The molecule has 17 heavy (non-hydrogen) atoms. The van der Waals surface area contributed by atoms with Crippen LogP contribution in [0.5, 0.6) is 0 Å². The molecular formula is C9H11N3O5. The van der Waals surface area contributed by atoms with E-state index in [0.29, 0.717) is 0 Å². The van der Waals surface area contributed by atoms with E-state index in [9.17, 15) is 19.2 Å². The smallest absolute Gasteiger partial charge is 0.326 e. The third-order valence-electron chi connectivity index (χ3n) is 2.02. The first-order chi connectivity index (χ1) is 7.93. The molecule has 0 aliphatic heterocycles. The van der Waals surface area contributed by atoms with Crippen LogP contribution in [0.3, 0.4) is 0 Å². The first-order valence-corrected chi connectivity index (χ1v) is 4.81. The molecule has 0 aromatic carbocycles. The van der Waals surface area contributed by atoms with Gasteiger partial charge in [-0.05, 0) is 6.42 Å². The van der Waals surface area contributed by atoms with Crippen LogP contribution < -0.4 is 16.6 Å². The normalized spacial score (nSPS) is 11.8. The Labute approximate surface area is 94.7 Å². The van der Waals surface area contributed by atoms with E-state index in [0.717, 1.165) is 6.07 Å². The first-order valence-electron chi connectivity index (χ1n) is 4.81. The van der Waals surface area contributed by atoms with Gasteiger partial charge in [0.25, 0.3) is 11.5 Å². The third-order valence-corrected chi connectivity index (χ3v) is 2.02. The number of aliphatic carboxylic acids is 1. The number of carbonyl (C=O) groups excluding carboxylic acids is 1. The lowest BCUT2D eigenvalue weighted by Gasteiger charge is -2.11. The Morgan fingerprint density at radius 3 is 2.53 bits per heavy atom. The van der Waals surface area contributed by atoms with E-state index >= 15 is 0 Å². The van der Waals surface area contributed by atoms with E-state index in [1.165, 1.54) is 0 Å². The number of hydrogen-bond acceptors (Lipinski definition) is 4. The Balaban J connectivity index is 2.93. The van der Waals surface area contributed by atoms with Gasteiger partial charge < -0.3 is 15.4 Å². The Morgan fingerprint density at radius 1 is 1.41 bits per heavy atom. The van der Waals surface area contributed by atoms with Gasteiger partial charge in [-0.2, -0.15) is 0 Å². The van der Waals surface area contributed by atoms with Gasteiger partial charge in [-0.1, -0.05) is 6.92 Å². The Hall–Kier alpha value is -2.38. The number of rotatable bonds is 4. The number of carboxylic acids is 1. The van der Waals surface area contributed by atoms with Gasteiger partial charge >= 0.3 is 11.7 Å². The van der Waals surface area contributed by atoms with Gasteiger partial charge in [-0.25, -0.2) is 9.59 Å². The Kier molecular flexibility index (Phi) is 3.81. The summed E-state index contributed by atoms with van der Waals surface area (Å²) in [5, 5.41) is 10.9. The molecule has 0 radical (unpaired) electrons. The van der Waals surface area contributed by atoms with Gasteiger partial charge in [-0.3, -0.25) is 14.6 Å². The summed E-state index contributed by atoms with van der Waals surface area (Å²) in [5.41, 5.74) is -1.84. The summed E-state index contributed by atoms with van der Waals surface area (Å²) in [6, 6.07) is -0.184. The van der Waals surface area contributed by atoms with E-state index in [1.54, 1.807) is 6.92 Å². The molecule has 1 aromatic rings. The zero-order valence-electron chi connectivity index (χ0n) is 8.94. The first kappa shape index (κ1) is 12.7. The number of aromatic amines is 2. The highest BCUT2D eigenvalue weighted by Crippen LogP contribution is 1.94. The number of aromatic nitrogens is 2. The summed E-state index contributed by atoms with van der Waals surface area (Å²) in [5.74, 6) is -2.00. The van der Waals surface area contributed by atoms with Crippen molar-refractivity contribution in [3.8, 4) is 0 Å². The van der Waals surface area contributed by atoms with Gasteiger partial charge in [0.15, 0.2) is 0 Å². The quantitative estimate of drug-likeness (QED) is 0.517. The van der Waals surface area contributed by atoms with Crippen LogP contribution in [0.15, 0.2) is 15.7 Å². The zero-order chi connectivity index (χ0) is 13.0. The summed E-state index contributed by atoms with van der Waals surface area (Å²) < 4.78 is 0. The molecule has 0 saturated carbocycles. The molecule has 0 spiro atoms. The largest absolute Gasteiger partial charge is 0.480 e. The van der Waals surface area contributed by atoms with Crippen molar-refractivity contribution in [3.05, 3.63) is 32.6 Å². The fourth-order valence-electron chi connectivity index (χ4n) is 1.17. The molecule has 8 nitrogen and oxygen atoms in total. The van der Waals surface area contributed by atoms with Gasteiger partial charge in [0, 0.05) is 6.07 Å². The second kappa shape index (κ2) is 5.10. The highest BCUT2D eigenvalue weighted by molar-refractivity contribution is 5.94. The lowest BCUT2D eigenvalue weighted by Crippen LogP contribution is -2.41. The fraction of sp³-hybridized carbons (Fsp3) is 0.333. The fourth-order valence-corrected chi connectivity index (χ4v) is 1.17. The monoisotopic (exact) mass is 241 g/mol. The summed E-state index contributed by atoms with van der Waals surface area (Å²) in [6.07, 6.45) is 0.189. The average molecular weight is 241 g/mol. The topological polar surface area (TPSA) is 132 Å². The van der Waals surface area contributed by atoms with Crippen molar-refractivity contribution < 1.29 is 14.7 Å². The van der Waals surface area contributed by atoms with Gasteiger partial charge in [-0.15, -0.1) is 0 Å². The van der Waals surface area contributed by atoms with Crippen LogP contribution in [0.2, 0.25) is 0 Å². The molecule has 0 fully saturated rings. The van der Waals surface area contributed by atoms with Crippen LogP contribution in [0.4, 0.5) is 0 Å². The lowest BCUT2D eigenvalue weighted by atomic mass is 10.2. The van der Waals surface area contributed by atoms with Crippen molar-refractivity contribution >= 4 is 11.9 Å². The molecule has 1 unspecified atom stereocenters. The van der Waals surface area contributed by atoms with E-state index in [-0.39, 0.29) is 12.1 Å². The highest BCUT2D eigenvalue weighted by Gasteiger charge is 2.19. The summed E-state index contributed by atoms with van der Waals surface area (Å²) in [7, 11) is 0. The number of carbonyl (C=O) groups is 2. The molecule has 1 heterocycles. The minimum absolute atomic E-state index is 0.189. The zero-order valence-corrected chi connectivity index (χ0v) is 8.94. The van der Waals surface area contributed by atoms with Crippen LogP contribution >= 0.6 is 0 Å². The van der Waals surface area contributed by atoms with Gasteiger partial charge in [0.2, 0.25) is 0 Å². The average Bonchev–Trinajstić information content (AvgIpc) is 2.23. The van der Waals surface area contributed by atoms with Gasteiger partial charge in [0.05, 0.1) is 0 Å². The molecule has 1 atom stereocenters. The van der Waals surface area contributed by atoms with Crippen molar-refractivity contribution in [1.82, 2.24) is 15.3 Å². The molecule has 0 aliphatic carbocycles. The molecule has 4 N–H and O–H groups in total. The van der Waals surface area contributed by atoms with Crippen molar-refractivity contribution in [2.24, 2.45) is 0 Å². The molecule has 1 aromatic heterocycles. The van der Waals surface area contributed by atoms with Crippen LogP contribution in [0.1, 0.15) is 23.8 Å². The van der Waals surface area contributed by atoms with Crippen LogP contribution in [0.25, 0.3) is 0 Å². The molecule has 1 rings (SSSR count). The highest BCUT2D eigenvalue weighted by atomic mass is 16.4. The molecule has 92 valence electrons. The number of carboxylic acid groups (broad SMARTS) is 1. The summed E-state index contributed by atoms with van der Waals surface area (Å²) >= 11 is 0. The maximum atomic E-state index is 11.5.